The topological polar surface area (TPSA) is 101 Å². The fraction of sp³-hybridized carbons (Fsp3) is 0.362. The van der Waals surface area contributed by atoms with E-state index in [-0.39, 0.29) is 11.9 Å². The molecule has 2 aliphatic heterocycles. The number of thiophene rings is 1. The number of aromatic amines is 2. The minimum absolute atomic E-state index is 0.00154. The molecular formula is C47H56FN7O2S. The number of nitrogens with one attached hydrogen (secondary N) is 2. The maximum Gasteiger partial charge on any atom is 0.228 e. The van der Waals surface area contributed by atoms with Crippen molar-refractivity contribution < 1.29 is 14.1 Å². The molecule has 58 heavy (non-hydrogen) atoms. The van der Waals surface area contributed by atoms with Crippen LogP contribution >= 0.6 is 11.3 Å². The van der Waals surface area contributed by atoms with Crippen molar-refractivity contribution in [1.29, 1.82) is 0 Å². The van der Waals surface area contributed by atoms with E-state index in [1.807, 2.05) is 65.1 Å². The molecule has 2 aliphatic rings. The van der Waals surface area contributed by atoms with Crippen molar-refractivity contribution in [3.63, 3.8) is 0 Å². The van der Waals surface area contributed by atoms with E-state index in [4.69, 9.17) is 0 Å². The van der Waals surface area contributed by atoms with Crippen molar-refractivity contribution in [3.8, 4) is 33.6 Å². The van der Waals surface area contributed by atoms with Gasteiger partial charge in [-0.05, 0) is 97.9 Å². The van der Waals surface area contributed by atoms with Gasteiger partial charge < -0.3 is 24.6 Å². The number of imidazole rings is 2. The standard InChI is InChI=1S/C33H35FN6OS.C8H8O.C6H13N/c1-39(34)17-3-2-8-31-35-21-28(37-31)25-13-9-23(10-14-25)24-11-15-26(16-12-24)29-22-36-33(38-29)30-7-4-18-40(30)32(41)20-27-6-5-19-42-27;9-7-6-8-4-2-1-3-5-8;1-7-5-3-2-4-6-7/h5-6,9-16,19,21-22,30H,2-4,7-8,17-18,20H2,1H3,(H,35,37)(H,36,38);1-5,7H,6H2;2-6H2,1H3. The highest BCUT2D eigenvalue weighted by atomic mass is 32.1. The smallest absolute Gasteiger partial charge is 0.228 e. The molecule has 0 aliphatic carbocycles. The Morgan fingerprint density at radius 1 is 0.810 bits per heavy atom. The number of H-pyrrole nitrogens is 2. The summed E-state index contributed by atoms with van der Waals surface area (Å²) in [6.07, 6.45) is 14.3. The van der Waals surface area contributed by atoms with Crippen LogP contribution in [0.2, 0.25) is 0 Å². The SMILES string of the molecule is CN(F)CCCCc1ncc(-c2ccc(-c3ccc(-c4cnc(C5CCCN5C(=O)Cc5cccs5)[nH]4)cc3)cc2)[nH]1.CN1CCCCC1.O=CCc1ccccc1. The first-order valence-corrected chi connectivity index (χ1v) is 21.4. The van der Waals surface area contributed by atoms with Crippen LogP contribution in [-0.2, 0) is 28.9 Å². The highest BCUT2D eigenvalue weighted by molar-refractivity contribution is 7.10. The van der Waals surface area contributed by atoms with Gasteiger partial charge in [0.25, 0.3) is 0 Å². The third-order valence-electron chi connectivity index (χ3n) is 10.6. The lowest BCUT2D eigenvalue weighted by atomic mass is 10.0. The van der Waals surface area contributed by atoms with Crippen LogP contribution in [0.5, 0.6) is 0 Å². The van der Waals surface area contributed by atoms with Gasteiger partial charge >= 0.3 is 0 Å². The Hall–Kier alpha value is -5.23. The second-order valence-corrected chi connectivity index (χ2v) is 16.1. The zero-order valence-corrected chi connectivity index (χ0v) is 34.6. The van der Waals surface area contributed by atoms with Gasteiger partial charge in [-0.1, -0.05) is 91.3 Å². The average molecular weight is 802 g/mol. The summed E-state index contributed by atoms with van der Waals surface area (Å²) in [4.78, 5) is 44.5. The fourth-order valence-corrected chi connectivity index (χ4v) is 8.07. The van der Waals surface area contributed by atoms with Crippen molar-refractivity contribution in [2.75, 3.05) is 40.3 Å². The third kappa shape index (κ3) is 12.6. The number of likely N-dealkylation sites (tertiary alicyclic amines) is 2. The number of rotatable bonds is 13. The molecule has 0 radical (unpaired) electrons. The van der Waals surface area contributed by atoms with Gasteiger partial charge in [-0.3, -0.25) is 4.79 Å². The molecule has 11 heteroatoms. The Bertz CT molecular complexity index is 2090. The number of piperidine rings is 1. The van der Waals surface area contributed by atoms with E-state index >= 15 is 0 Å². The lowest BCUT2D eigenvalue weighted by molar-refractivity contribution is -0.131. The van der Waals surface area contributed by atoms with Gasteiger partial charge in [0.15, 0.2) is 0 Å². The van der Waals surface area contributed by atoms with E-state index in [9.17, 15) is 14.1 Å². The number of carbonyl (C=O) groups is 2. The van der Waals surface area contributed by atoms with E-state index in [2.05, 4.69) is 80.4 Å². The van der Waals surface area contributed by atoms with Gasteiger partial charge in [0.2, 0.25) is 5.91 Å². The summed E-state index contributed by atoms with van der Waals surface area (Å²) in [5, 5.41) is 2.74. The van der Waals surface area contributed by atoms with Crippen LogP contribution in [0.4, 0.5) is 4.48 Å². The Labute approximate surface area is 346 Å². The predicted molar refractivity (Wildman–Crippen MR) is 233 cm³/mol. The molecule has 0 bridgehead atoms. The van der Waals surface area contributed by atoms with Gasteiger partial charge in [0, 0.05) is 37.9 Å². The van der Waals surface area contributed by atoms with Crippen LogP contribution in [0.1, 0.15) is 73.1 Å². The van der Waals surface area contributed by atoms with Crippen molar-refractivity contribution in [2.45, 2.75) is 70.3 Å². The summed E-state index contributed by atoms with van der Waals surface area (Å²) in [6.45, 7) is 3.86. The quantitative estimate of drug-likeness (QED) is 0.0686. The van der Waals surface area contributed by atoms with Gasteiger partial charge in [0.05, 0.1) is 36.2 Å². The van der Waals surface area contributed by atoms with Crippen molar-refractivity contribution in [3.05, 3.63) is 131 Å². The number of nitrogens with zero attached hydrogens (tertiary/aromatic N) is 5. The van der Waals surface area contributed by atoms with Crippen LogP contribution < -0.4 is 0 Å². The number of hydrogen-bond donors (Lipinski definition) is 2. The first-order chi connectivity index (χ1) is 28.4. The van der Waals surface area contributed by atoms with Crippen LogP contribution in [0.15, 0.2) is 109 Å². The molecule has 1 atom stereocenters. The third-order valence-corrected chi connectivity index (χ3v) is 11.5. The van der Waals surface area contributed by atoms with E-state index in [1.54, 1.807) is 11.3 Å². The Balaban J connectivity index is 0.000000293. The number of amides is 1. The number of halogens is 1. The molecule has 3 aromatic carbocycles. The highest BCUT2D eigenvalue weighted by Gasteiger charge is 2.32. The predicted octanol–water partition coefficient (Wildman–Crippen LogP) is 9.77. The minimum Gasteiger partial charge on any atom is -0.342 e. The summed E-state index contributed by atoms with van der Waals surface area (Å²) in [5.74, 6) is 1.95. The van der Waals surface area contributed by atoms with Crippen molar-refractivity contribution in [2.24, 2.45) is 0 Å². The van der Waals surface area contributed by atoms with Crippen LogP contribution in [0, 0.1) is 0 Å². The van der Waals surface area contributed by atoms with Crippen LogP contribution in [0.25, 0.3) is 33.6 Å². The van der Waals surface area contributed by atoms with E-state index in [0.717, 1.165) is 106 Å². The summed E-state index contributed by atoms with van der Waals surface area (Å²) >= 11 is 1.63. The number of hydrogen-bond acceptors (Lipinski definition) is 7. The number of carbonyl (C=O) groups excluding carboxylic acids is 2. The molecule has 1 amide bonds. The molecule has 2 saturated heterocycles. The molecule has 2 N–H and O–H groups in total. The molecule has 304 valence electrons. The van der Waals surface area contributed by atoms with Gasteiger partial charge in [-0.2, -0.15) is 0 Å². The first kappa shape index (κ1) is 42.4. The molecule has 3 aromatic heterocycles. The molecule has 1 unspecified atom stereocenters. The Morgan fingerprint density at radius 3 is 2.07 bits per heavy atom. The molecule has 6 aromatic rings. The van der Waals surface area contributed by atoms with Crippen molar-refractivity contribution >= 4 is 23.5 Å². The first-order valence-electron chi connectivity index (χ1n) is 20.5. The maximum absolute atomic E-state index is 13.0. The minimum atomic E-state index is -0.00154. The van der Waals surface area contributed by atoms with Gasteiger partial charge in [-0.25, -0.2) is 9.97 Å². The summed E-state index contributed by atoms with van der Waals surface area (Å²) in [7, 11) is 3.64. The maximum atomic E-state index is 13.0. The summed E-state index contributed by atoms with van der Waals surface area (Å²) in [6, 6.07) is 30.6. The number of aryl methyl sites for hydroxylation is 1. The Morgan fingerprint density at radius 2 is 1.47 bits per heavy atom. The zero-order valence-electron chi connectivity index (χ0n) is 33.8. The molecule has 0 saturated carbocycles. The second-order valence-electron chi connectivity index (χ2n) is 15.1. The van der Waals surface area contributed by atoms with Crippen molar-refractivity contribution in [1.82, 2.24) is 34.9 Å². The molecular weight excluding hydrogens is 746 g/mol. The molecule has 0 spiro atoms. The summed E-state index contributed by atoms with van der Waals surface area (Å²) in [5.41, 5.74) is 7.43. The fourth-order valence-electron chi connectivity index (χ4n) is 7.37. The molecule has 5 heterocycles. The normalized spacial score (nSPS) is 15.4. The van der Waals surface area contributed by atoms with Crippen LogP contribution in [-0.4, -0.2) is 87.3 Å². The second kappa shape index (κ2) is 22.1. The number of aldehydes is 1. The lowest BCUT2D eigenvalue weighted by Gasteiger charge is -2.23. The van der Waals surface area contributed by atoms with Gasteiger partial charge in [0.1, 0.15) is 17.9 Å². The number of unbranched alkanes of at least 4 members (excludes halogenated alkanes) is 1. The van der Waals surface area contributed by atoms with E-state index in [0.29, 0.717) is 19.4 Å². The molecule has 9 nitrogen and oxygen atoms in total. The van der Waals surface area contributed by atoms with E-state index in [1.165, 1.54) is 39.4 Å². The highest BCUT2D eigenvalue weighted by Crippen LogP contribution is 2.33. The largest absolute Gasteiger partial charge is 0.342 e. The monoisotopic (exact) mass is 801 g/mol. The average Bonchev–Trinajstić information content (AvgIpc) is 4.10. The number of benzene rings is 3. The molecule has 8 rings (SSSR count). The molecule has 2 fully saturated rings. The van der Waals surface area contributed by atoms with Gasteiger partial charge in [-0.15, -0.1) is 20.9 Å². The van der Waals surface area contributed by atoms with E-state index < -0.39 is 0 Å². The number of aromatic nitrogens is 4. The van der Waals surface area contributed by atoms with Crippen LogP contribution in [0.3, 0.4) is 0 Å². The Kier molecular flexibility index (Phi) is 16.1. The lowest BCUT2D eigenvalue weighted by Crippen LogP contribution is -2.32. The summed E-state index contributed by atoms with van der Waals surface area (Å²) < 4.78 is 12.8. The zero-order chi connectivity index (χ0) is 40.5.